The molecule has 4 rings (SSSR count). The van der Waals surface area contributed by atoms with Crippen LogP contribution < -0.4 is 0 Å². The maximum absolute atomic E-state index is 9.92. The minimum atomic E-state index is -0.343. The fourth-order valence-corrected chi connectivity index (χ4v) is 6.58. The first-order valence-electron chi connectivity index (χ1n) is 9.04. The zero-order valence-electron chi connectivity index (χ0n) is 13.8. The predicted octanol–water partition coefficient (Wildman–Crippen LogP) is 4.72. The molecule has 0 aromatic rings. The molecule has 1 nitrogen and oxygen atoms in total. The minimum Gasteiger partial charge on any atom is -0.385 e. The maximum Gasteiger partial charge on any atom is 0.0905 e. The van der Waals surface area contributed by atoms with Crippen molar-refractivity contribution in [1.29, 1.82) is 0 Å². The average Bonchev–Trinajstić information content (AvgIpc) is 2.76. The van der Waals surface area contributed by atoms with Crippen LogP contribution >= 0.6 is 0 Å². The highest BCUT2D eigenvalue weighted by molar-refractivity contribution is 5.33. The van der Waals surface area contributed by atoms with E-state index < -0.39 is 0 Å². The number of aliphatic hydroxyl groups is 1. The fourth-order valence-electron chi connectivity index (χ4n) is 6.58. The van der Waals surface area contributed by atoms with Crippen molar-refractivity contribution in [2.45, 2.75) is 65.4 Å². The van der Waals surface area contributed by atoms with Gasteiger partial charge in [-0.3, -0.25) is 0 Å². The summed E-state index contributed by atoms with van der Waals surface area (Å²) in [6, 6.07) is 0. The molecule has 21 heavy (non-hydrogen) atoms. The third kappa shape index (κ3) is 1.79. The van der Waals surface area contributed by atoms with Crippen LogP contribution in [-0.2, 0) is 0 Å². The summed E-state index contributed by atoms with van der Waals surface area (Å²) in [5, 5.41) is 9.92. The molecule has 3 fully saturated rings. The van der Waals surface area contributed by atoms with E-state index in [0.29, 0.717) is 5.41 Å². The first kappa shape index (κ1) is 14.1. The number of aliphatic hydroxyl groups excluding tert-OH is 1. The largest absolute Gasteiger partial charge is 0.385 e. The normalized spacial score (nSPS) is 55.4. The van der Waals surface area contributed by atoms with Gasteiger partial charge in [0.25, 0.3) is 0 Å². The Morgan fingerprint density at radius 2 is 1.90 bits per heavy atom. The highest BCUT2D eigenvalue weighted by atomic mass is 16.3. The van der Waals surface area contributed by atoms with Crippen molar-refractivity contribution in [3.8, 4) is 0 Å². The molecule has 116 valence electrons. The lowest BCUT2D eigenvalue weighted by atomic mass is 9.48. The average molecular weight is 286 g/mol. The van der Waals surface area contributed by atoms with Crippen molar-refractivity contribution < 1.29 is 5.11 Å². The van der Waals surface area contributed by atoms with Gasteiger partial charge in [0, 0.05) is 5.41 Å². The molecule has 4 aliphatic rings. The summed E-state index contributed by atoms with van der Waals surface area (Å²) in [6.07, 6.45) is 14.4. The van der Waals surface area contributed by atoms with Gasteiger partial charge < -0.3 is 5.11 Å². The van der Waals surface area contributed by atoms with Crippen LogP contribution in [0.1, 0.15) is 59.3 Å². The molecular weight excluding hydrogens is 256 g/mol. The topological polar surface area (TPSA) is 20.2 Å². The van der Waals surface area contributed by atoms with Crippen LogP contribution in [0.5, 0.6) is 0 Å². The Hall–Kier alpha value is -0.560. The van der Waals surface area contributed by atoms with Gasteiger partial charge in [0.15, 0.2) is 0 Å². The lowest BCUT2D eigenvalue weighted by molar-refractivity contribution is -0.0314. The zero-order valence-corrected chi connectivity index (χ0v) is 13.8. The number of rotatable bonds is 0. The van der Waals surface area contributed by atoms with Gasteiger partial charge >= 0.3 is 0 Å². The second kappa shape index (κ2) is 4.47. The Morgan fingerprint density at radius 3 is 2.71 bits per heavy atom. The zero-order chi connectivity index (χ0) is 14.8. The van der Waals surface area contributed by atoms with Gasteiger partial charge in [-0.25, -0.2) is 0 Å². The molecule has 4 aliphatic carbocycles. The molecule has 7 atom stereocenters. The molecule has 0 bridgehead atoms. The molecule has 3 saturated carbocycles. The molecule has 0 amide bonds. The lowest BCUT2D eigenvalue weighted by Gasteiger charge is -2.57. The van der Waals surface area contributed by atoms with Crippen molar-refractivity contribution in [2.24, 2.45) is 34.5 Å². The molecule has 1 N–H and O–H groups in total. The first-order valence-corrected chi connectivity index (χ1v) is 9.04. The van der Waals surface area contributed by atoms with E-state index in [0.717, 1.165) is 23.7 Å². The summed E-state index contributed by atoms with van der Waals surface area (Å²) in [6.45, 7) is 7.52. The molecule has 0 saturated heterocycles. The van der Waals surface area contributed by atoms with Crippen LogP contribution in [0, 0.1) is 34.5 Å². The third-order valence-corrected chi connectivity index (χ3v) is 8.13. The summed E-state index contributed by atoms with van der Waals surface area (Å²) in [4.78, 5) is 0. The summed E-state index contributed by atoms with van der Waals surface area (Å²) < 4.78 is 0. The fraction of sp³-hybridized carbons (Fsp3) is 0.800. The molecule has 0 radical (unpaired) electrons. The third-order valence-electron chi connectivity index (χ3n) is 8.13. The summed E-state index contributed by atoms with van der Waals surface area (Å²) in [7, 11) is 0. The second-order valence-electron chi connectivity index (χ2n) is 8.76. The SMILES string of the molecule is CC1CCC2C3CCC4=C[C@@H](O)C=C[C@]4(C)C3CC[C@]12C. The van der Waals surface area contributed by atoms with Crippen LogP contribution in [0.4, 0.5) is 0 Å². The van der Waals surface area contributed by atoms with Crippen molar-refractivity contribution in [2.75, 3.05) is 0 Å². The number of allylic oxidation sites excluding steroid dienone is 2. The van der Waals surface area contributed by atoms with Gasteiger partial charge in [-0.15, -0.1) is 0 Å². The van der Waals surface area contributed by atoms with Gasteiger partial charge in [0.2, 0.25) is 0 Å². The molecule has 0 heterocycles. The van der Waals surface area contributed by atoms with Gasteiger partial charge in [-0.05, 0) is 67.6 Å². The minimum absolute atomic E-state index is 0.231. The summed E-state index contributed by atoms with van der Waals surface area (Å²) in [5.41, 5.74) is 2.36. The van der Waals surface area contributed by atoms with Crippen molar-refractivity contribution in [3.63, 3.8) is 0 Å². The summed E-state index contributed by atoms with van der Waals surface area (Å²) >= 11 is 0. The van der Waals surface area contributed by atoms with Crippen molar-refractivity contribution in [1.82, 2.24) is 0 Å². The molecule has 1 heteroatoms. The Balaban J connectivity index is 1.69. The van der Waals surface area contributed by atoms with Crippen LogP contribution in [0.2, 0.25) is 0 Å². The quantitative estimate of drug-likeness (QED) is 0.639. The molecule has 4 unspecified atom stereocenters. The van der Waals surface area contributed by atoms with E-state index in [1.165, 1.54) is 44.1 Å². The maximum atomic E-state index is 9.92. The Labute approximate surface area is 129 Å². The van der Waals surface area contributed by atoms with E-state index in [1.807, 2.05) is 6.08 Å². The predicted molar refractivity (Wildman–Crippen MR) is 86.8 cm³/mol. The first-order chi connectivity index (χ1) is 9.95. The van der Waals surface area contributed by atoms with E-state index >= 15 is 0 Å². The van der Waals surface area contributed by atoms with E-state index in [1.54, 1.807) is 0 Å². The van der Waals surface area contributed by atoms with Crippen LogP contribution in [0.15, 0.2) is 23.8 Å². The molecule has 0 aromatic carbocycles. The number of hydrogen-bond donors (Lipinski definition) is 1. The van der Waals surface area contributed by atoms with E-state index in [4.69, 9.17) is 0 Å². The van der Waals surface area contributed by atoms with E-state index in [9.17, 15) is 5.11 Å². The smallest absolute Gasteiger partial charge is 0.0905 e. The van der Waals surface area contributed by atoms with Gasteiger partial charge in [0.05, 0.1) is 6.10 Å². The van der Waals surface area contributed by atoms with E-state index in [-0.39, 0.29) is 11.5 Å². The highest BCUT2D eigenvalue weighted by Gasteiger charge is 2.57. The van der Waals surface area contributed by atoms with Crippen LogP contribution in [0.25, 0.3) is 0 Å². The van der Waals surface area contributed by atoms with Crippen LogP contribution in [-0.4, -0.2) is 11.2 Å². The molecular formula is C20H30O. The number of hydrogen-bond acceptors (Lipinski definition) is 1. The summed E-state index contributed by atoms with van der Waals surface area (Å²) in [5.74, 6) is 3.59. The standard InChI is InChI=1S/C20H30O/c1-13-4-7-17-16-6-5-14-12-15(21)8-10-20(14,3)18(16)9-11-19(13,17)2/h8,10,12-13,15-18,21H,4-7,9,11H2,1-3H3/t13?,15-,16?,17?,18?,19+,20-/m0/s1. The van der Waals surface area contributed by atoms with Gasteiger partial charge in [0.1, 0.15) is 0 Å². The molecule has 0 aliphatic heterocycles. The van der Waals surface area contributed by atoms with Crippen molar-refractivity contribution in [3.05, 3.63) is 23.8 Å². The van der Waals surface area contributed by atoms with Gasteiger partial charge in [-0.2, -0.15) is 0 Å². The monoisotopic (exact) mass is 286 g/mol. The Bertz CT molecular complexity index is 504. The highest BCUT2D eigenvalue weighted by Crippen LogP contribution is 2.65. The van der Waals surface area contributed by atoms with Gasteiger partial charge in [-0.1, -0.05) is 44.6 Å². The molecule has 0 spiro atoms. The Morgan fingerprint density at radius 1 is 1.10 bits per heavy atom. The Kier molecular flexibility index (Phi) is 2.99. The van der Waals surface area contributed by atoms with E-state index in [2.05, 4.69) is 32.9 Å². The molecule has 0 aromatic heterocycles. The van der Waals surface area contributed by atoms with Crippen LogP contribution in [0.3, 0.4) is 0 Å². The second-order valence-corrected chi connectivity index (χ2v) is 8.76. The number of fused-ring (bicyclic) bond motifs is 5. The lowest BCUT2D eigenvalue weighted by Crippen LogP contribution is -2.49. The van der Waals surface area contributed by atoms with Crippen molar-refractivity contribution >= 4 is 0 Å².